The van der Waals surface area contributed by atoms with Crippen LogP contribution >= 0.6 is 11.6 Å². The molecule has 1 aromatic heterocycles. The van der Waals surface area contributed by atoms with Gasteiger partial charge in [-0.3, -0.25) is 4.79 Å². The van der Waals surface area contributed by atoms with Crippen LogP contribution in [0.4, 0.5) is 6.01 Å². The van der Waals surface area contributed by atoms with Crippen LogP contribution in [0.5, 0.6) is 5.75 Å². The first-order valence-corrected chi connectivity index (χ1v) is 9.37. The number of hydrogen-bond acceptors (Lipinski definition) is 6. The summed E-state index contributed by atoms with van der Waals surface area (Å²) in [5, 5.41) is 4.68. The van der Waals surface area contributed by atoms with E-state index in [1.54, 1.807) is 29.2 Å². The van der Waals surface area contributed by atoms with E-state index in [9.17, 15) is 4.79 Å². The van der Waals surface area contributed by atoms with Gasteiger partial charge in [0, 0.05) is 36.8 Å². The van der Waals surface area contributed by atoms with Crippen LogP contribution < -0.4 is 9.64 Å². The maximum Gasteiger partial charge on any atom is 0.324 e. The fourth-order valence-corrected chi connectivity index (χ4v) is 3.09. The first kappa shape index (κ1) is 18.3. The summed E-state index contributed by atoms with van der Waals surface area (Å²) in [4.78, 5) is 20.6. The highest BCUT2D eigenvalue weighted by molar-refractivity contribution is 6.30. The molecule has 28 heavy (non-hydrogen) atoms. The Morgan fingerprint density at radius 3 is 2.46 bits per heavy atom. The number of hydrogen-bond donors (Lipinski definition) is 0. The average molecular weight is 399 g/mol. The fourth-order valence-electron chi connectivity index (χ4n) is 2.96. The number of ether oxygens (including phenoxy) is 1. The zero-order chi connectivity index (χ0) is 19.3. The molecule has 0 unspecified atom stereocenters. The second-order valence-corrected chi connectivity index (χ2v) is 6.81. The SMILES string of the molecule is O=C(COc1ccc(Cl)cc1)N1CCN(c2nc(-c3ccccc3)no2)CC1. The molecule has 1 aliphatic rings. The van der Waals surface area contributed by atoms with Gasteiger partial charge < -0.3 is 19.1 Å². The van der Waals surface area contributed by atoms with Crippen LogP contribution in [0.2, 0.25) is 5.02 Å². The standard InChI is InChI=1S/C20H19ClN4O3/c21-16-6-8-17(9-7-16)27-14-18(26)24-10-12-25(13-11-24)20-22-19(23-28-20)15-4-2-1-3-5-15/h1-9H,10-14H2. The molecular weight excluding hydrogens is 380 g/mol. The molecule has 0 N–H and O–H groups in total. The van der Waals surface area contributed by atoms with Gasteiger partial charge in [0.25, 0.3) is 5.91 Å². The Balaban J connectivity index is 1.29. The van der Waals surface area contributed by atoms with Crippen molar-refractivity contribution in [1.29, 1.82) is 0 Å². The van der Waals surface area contributed by atoms with Gasteiger partial charge >= 0.3 is 6.01 Å². The number of anilines is 1. The molecule has 144 valence electrons. The van der Waals surface area contributed by atoms with E-state index in [1.807, 2.05) is 35.2 Å². The monoisotopic (exact) mass is 398 g/mol. The Morgan fingerprint density at radius 2 is 1.75 bits per heavy atom. The number of rotatable bonds is 5. The zero-order valence-corrected chi connectivity index (χ0v) is 15.9. The van der Waals surface area contributed by atoms with Gasteiger partial charge in [0.15, 0.2) is 6.61 Å². The van der Waals surface area contributed by atoms with Gasteiger partial charge in [0.05, 0.1) is 0 Å². The summed E-state index contributed by atoms with van der Waals surface area (Å²) >= 11 is 5.84. The number of piperazine rings is 1. The van der Waals surface area contributed by atoms with Crippen molar-refractivity contribution in [2.45, 2.75) is 0 Å². The van der Waals surface area contributed by atoms with Crippen molar-refractivity contribution in [2.24, 2.45) is 0 Å². The normalized spacial score (nSPS) is 14.2. The molecule has 4 rings (SSSR count). The van der Waals surface area contributed by atoms with Crippen molar-refractivity contribution < 1.29 is 14.1 Å². The molecule has 0 saturated carbocycles. The number of carbonyl (C=O) groups is 1. The summed E-state index contributed by atoms with van der Waals surface area (Å²) in [7, 11) is 0. The summed E-state index contributed by atoms with van der Waals surface area (Å²) in [6, 6.07) is 17.1. The van der Waals surface area contributed by atoms with Gasteiger partial charge in [0.2, 0.25) is 5.82 Å². The number of halogens is 1. The van der Waals surface area contributed by atoms with Gasteiger partial charge in [-0.1, -0.05) is 47.1 Å². The third kappa shape index (κ3) is 4.26. The molecule has 2 heterocycles. The molecular formula is C20H19ClN4O3. The van der Waals surface area contributed by atoms with E-state index in [2.05, 4.69) is 10.1 Å². The Bertz CT molecular complexity index is 922. The van der Waals surface area contributed by atoms with Crippen LogP contribution in [0.15, 0.2) is 59.1 Å². The molecule has 2 aromatic carbocycles. The number of nitrogens with zero attached hydrogens (tertiary/aromatic N) is 4. The Kier molecular flexibility index (Phi) is 5.43. The summed E-state index contributed by atoms with van der Waals surface area (Å²) < 4.78 is 10.9. The topological polar surface area (TPSA) is 71.7 Å². The van der Waals surface area contributed by atoms with Gasteiger partial charge in [-0.05, 0) is 24.3 Å². The van der Waals surface area contributed by atoms with Crippen molar-refractivity contribution in [1.82, 2.24) is 15.0 Å². The van der Waals surface area contributed by atoms with Crippen molar-refractivity contribution in [3.63, 3.8) is 0 Å². The Labute approximate surface area is 167 Å². The third-order valence-electron chi connectivity index (χ3n) is 4.53. The molecule has 0 aliphatic carbocycles. The van der Waals surface area contributed by atoms with Crippen LogP contribution in [0.1, 0.15) is 0 Å². The zero-order valence-electron chi connectivity index (χ0n) is 15.1. The molecule has 0 radical (unpaired) electrons. The van der Waals surface area contributed by atoms with Gasteiger partial charge in [-0.15, -0.1) is 0 Å². The maximum atomic E-state index is 12.4. The van der Waals surface area contributed by atoms with Crippen molar-refractivity contribution in [2.75, 3.05) is 37.7 Å². The summed E-state index contributed by atoms with van der Waals surface area (Å²) in [6.07, 6.45) is 0. The molecule has 1 saturated heterocycles. The highest BCUT2D eigenvalue weighted by atomic mass is 35.5. The number of benzene rings is 2. The quantitative estimate of drug-likeness (QED) is 0.657. The minimum Gasteiger partial charge on any atom is -0.484 e. The van der Waals surface area contributed by atoms with Crippen LogP contribution in [0.3, 0.4) is 0 Å². The van der Waals surface area contributed by atoms with Crippen LogP contribution in [-0.4, -0.2) is 53.7 Å². The van der Waals surface area contributed by atoms with Gasteiger partial charge in [-0.25, -0.2) is 0 Å². The van der Waals surface area contributed by atoms with Crippen LogP contribution in [0, 0.1) is 0 Å². The second-order valence-electron chi connectivity index (χ2n) is 6.38. The third-order valence-corrected chi connectivity index (χ3v) is 4.78. The number of carbonyl (C=O) groups excluding carboxylic acids is 1. The highest BCUT2D eigenvalue weighted by Crippen LogP contribution is 2.21. The molecule has 3 aromatic rings. The lowest BCUT2D eigenvalue weighted by molar-refractivity contribution is -0.133. The highest BCUT2D eigenvalue weighted by Gasteiger charge is 2.24. The van der Waals surface area contributed by atoms with E-state index in [-0.39, 0.29) is 12.5 Å². The molecule has 7 nitrogen and oxygen atoms in total. The lowest BCUT2D eigenvalue weighted by atomic mass is 10.2. The van der Waals surface area contributed by atoms with E-state index in [0.29, 0.717) is 48.8 Å². The lowest BCUT2D eigenvalue weighted by Crippen LogP contribution is -2.50. The molecule has 0 spiro atoms. The van der Waals surface area contributed by atoms with E-state index >= 15 is 0 Å². The summed E-state index contributed by atoms with van der Waals surface area (Å²) in [5.74, 6) is 1.13. The van der Waals surface area contributed by atoms with Gasteiger partial charge in [-0.2, -0.15) is 4.98 Å². The number of aromatic nitrogens is 2. The first-order valence-electron chi connectivity index (χ1n) is 8.99. The Morgan fingerprint density at radius 1 is 1.04 bits per heavy atom. The minimum absolute atomic E-state index is 0.000343. The maximum absolute atomic E-state index is 12.4. The molecule has 0 bridgehead atoms. The summed E-state index contributed by atoms with van der Waals surface area (Å²) in [6.45, 7) is 2.41. The predicted molar refractivity (Wildman–Crippen MR) is 105 cm³/mol. The molecule has 1 aliphatic heterocycles. The fraction of sp³-hybridized carbons (Fsp3) is 0.250. The van der Waals surface area contributed by atoms with E-state index in [0.717, 1.165) is 5.56 Å². The average Bonchev–Trinajstić information content (AvgIpc) is 3.24. The van der Waals surface area contributed by atoms with E-state index in [4.69, 9.17) is 20.9 Å². The van der Waals surface area contributed by atoms with Crippen molar-refractivity contribution in [3.05, 3.63) is 59.6 Å². The minimum atomic E-state index is -0.0508. The van der Waals surface area contributed by atoms with Crippen molar-refractivity contribution in [3.8, 4) is 17.1 Å². The predicted octanol–water partition coefficient (Wildman–Crippen LogP) is 3.12. The Hall–Kier alpha value is -3.06. The first-order chi connectivity index (χ1) is 13.7. The molecule has 1 amide bonds. The molecule has 1 fully saturated rings. The van der Waals surface area contributed by atoms with Crippen LogP contribution in [-0.2, 0) is 4.79 Å². The largest absolute Gasteiger partial charge is 0.484 e. The smallest absolute Gasteiger partial charge is 0.324 e. The second kappa shape index (κ2) is 8.31. The van der Waals surface area contributed by atoms with Crippen molar-refractivity contribution >= 4 is 23.5 Å². The van der Waals surface area contributed by atoms with E-state index in [1.165, 1.54) is 0 Å². The van der Waals surface area contributed by atoms with Gasteiger partial charge in [0.1, 0.15) is 5.75 Å². The number of amides is 1. The van der Waals surface area contributed by atoms with Crippen LogP contribution in [0.25, 0.3) is 11.4 Å². The lowest BCUT2D eigenvalue weighted by Gasteiger charge is -2.33. The van der Waals surface area contributed by atoms with E-state index < -0.39 is 0 Å². The summed E-state index contributed by atoms with van der Waals surface area (Å²) in [5.41, 5.74) is 0.908. The molecule has 8 heteroatoms. The molecule has 0 atom stereocenters.